The molecule has 112 valence electrons. The van der Waals surface area contributed by atoms with Gasteiger partial charge >= 0.3 is 0 Å². The summed E-state index contributed by atoms with van der Waals surface area (Å²) in [5, 5.41) is 13.2. The van der Waals surface area contributed by atoms with Gasteiger partial charge in [0.15, 0.2) is 0 Å². The molecule has 4 heteroatoms. The molecule has 1 aromatic carbocycles. The van der Waals surface area contributed by atoms with Crippen LogP contribution in [0.5, 0.6) is 11.5 Å². The summed E-state index contributed by atoms with van der Waals surface area (Å²) in [6, 6.07) is 7.59. The number of ether oxygens (including phenoxy) is 2. The summed E-state index contributed by atoms with van der Waals surface area (Å²) in [7, 11) is 1.65. The minimum atomic E-state index is -0.126. The van der Waals surface area contributed by atoms with Gasteiger partial charge in [-0.05, 0) is 43.0 Å². The molecule has 0 heterocycles. The van der Waals surface area contributed by atoms with Crippen LogP contribution in [0.15, 0.2) is 24.3 Å². The minimum absolute atomic E-state index is 0.126. The van der Waals surface area contributed by atoms with Crippen LogP contribution >= 0.6 is 0 Å². The van der Waals surface area contributed by atoms with E-state index in [1.165, 1.54) is 6.42 Å². The van der Waals surface area contributed by atoms with Gasteiger partial charge in [0.25, 0.3) is 0 Å². The number of hydrogen-bond donors (Lipinski definition) is 2. The van der Waals surface area contributed by atoms with Crippen molar-refractivity contribution in [2.45, 2.75) is 31.8 Å². The van der Waals surface area contributed by atoms with Gasteiger partial charge < -0.3 is 19.9 Å². The Morgan fingerprint density at radius 1 is 1.15 bits per heavy atom. The number of hydrogen-bond acceptors (Lipinski definition) is 4. The normalized spacial score (nSPS) is 22.5. The first kappa shape index (κ1) is 15.1. The van der Waals surface area contributed by atoms with Crippen LogP contribution in [0, 0.1) is 5.92 Å². The van der Waals surface area contributed by atoms with E-state index in [-0.39, 0.29) is 6.10 Å². The number of rotatable bonds is 7. The Hall–Kier alpha value is -1.26. The molecular formula is C16H25NO3. The van der Waals surface area contributed by atoms with Crippen LogP contribution in [0.2, 0.25) is 0 Å². The molecule has 2 rings (SSSR count). The summed E-state index contributed by atoms with van der Waals surface area (Å²) < 4.78 is 10.7. The van der Waals surface area contributed by atoms with Crippen LogP contribution < -0.4 is 14.8 Å². The van der Waals surface area contributed by atoms with Crippen molar-refractivity contribution in [3.63, 3.8) is 0 Å². The van der Waals surface area contributed by atoms with Gasteiger partial charge in [0.1, 0.15) is 18.1 Å². The fraction of sp³-hybridized carbons (Fsp3) is 0.625. The van der Waals surface area contributed by atoms with E-state index < -0.39 is 0 Å². The van der Waals surface area contributed by atoms with Crippen molar-refractivity contribution < 1.29 is 14.6 Å². The topological polar surface area (TPSA) is 50.7 Å². The Labute approximate surface area is 121 Å². The first-order valence-corrected chi connectivity index (χ1v) is 7.45. The molecule has 0 aromatic heterocycles. The number of nitrogens with one attached hydrogen (secondary N) is 1. The number of benzene rings is 1. The van der Waals surface area contributed by atoms with Crippen LogP contribution in [0.4, 0.5) is 0 Å². The average Bonchev–Trinajstić information content (AvgIpc) is 2.49. The summed E-state index contributed by atoms with van der Waals surface area (Å²) in [4.78, 5) is 0. The Morgan fingerprint density at radius 3 is 2.55 bits per heavy atom. The molecule has 1 fully saturated rings. The van der Waals surface area contributed by atoms with E-state index in [0.29, 0.717) is 12.5 Å². The quantitative estimate of drug-likeness (QED) is 0.751. The first-order valence-electron chi connectivity index (χ1n) is 7.45. The van der Waals surface area contributed by atoms with Crippen molar-refractivity contribution in [1.29, 1.82) is 0 Å². The third-order valence-electron chi connectivity index (χ3n) is 3.88. The molecule has 4 nitrogen and oxygen atoms in total. The van der Waals surface area contributed by atoms with Crippen molar-refractivity contribution in [3.8, 4) is 11.5 Å². The van der Waals surface area contributed by atoms with E-state index in [1.807, 2.05) is 24.3 Å². The smallest absolute Gasteiger partial charge is 0.119 e. The summed E-state index contributed by atoms with van der Waals surface area (Å²) in [5.41, 5.74) is 0. The lowest BCUT2D eigenvalue weighted by Gasteiger charge is -2.27. The summed E-state index contributed by atoms with van der Waals surface area (Å²) in [6.07, 6.45) is 4.37. The second-order valence-electron chi connectivity index (χ2n) is 5.34. The zero-order valence-corrected chi connectivity index (χ0v) is 12.2. The lowest BCUT2D eigenvalue weighted by molar-refractivity contribution is 0.0692. The van der Waals surface area contributed by atoms with Crippen molar-refractivity contribution in [2.24, 2.45) is 5.92 Å². The Kier molecular flexibility index (Phi) is 6.15. The van der Waals surface area contributed by atoms with Crippen LogP contribution in [0.3, 0.4) is 0 Å². The third kappa shape index (κ3) is 4.69. The minimum Gasteiger partial charge on any atom is -0.497 e. The van der Waals surface area contributed by atoms with E-state index in [2.05, 4.69) is 5.32 Å². The number of aliphatic hydroxyl groups excluding tert-OH is 1. The predicted octanol–water partition coefficient (Wildman–Crippen LogP) is 2.21. The molecule has 1 aromatic rings. The highest BCUT2D eigenvalue weighted by molar-refractivity contribution is 5.31. The zero-order valence-electron chi connectivity index (χ0n) is 12.2. The van der Waals surface area contributed by atoms with E-state index in [0.717, 1.165) is 43.9 Å². The lowest BCUT2D eigenvalue weighted by atomic mass is 9.86. The largest absolute Gasteiger partial charge is 0.497 e. The van der Waals surface area contributed by atoms with Crippen molar-refractivity contribution in [3.05, 3.63) is 24.3 Å². The van der Waals surface area contributed by atoms with Gasteiger partial charge in [-0.15, -0.1) is 0 Å². The maximum atomic E-state index is 9.87. The maximum absolute atomic E-state index is 9.87. The molecule has 1 aliphatic rings. The highest BCUT2D eigenvalue weighted by Gasteiger charge is 2.22. The lowest BCUT2D eigenvalue weighted by Crippen LogP contribution is -2.35. The first-order chi connectivity index (χ1) is 9.79. The van der Waals surface area contributed by atoms with Crippen LogP contribution in [-0.4, -0.2) is 38.0 Å². The second-order valence-corrected chi connectivity index (χ2v) is 5.34. The molecule has 1 saturated carbocycles. The fourth-order valence-corrected chi connectivity index (χ4v) is 2.63. The molecule has 0 amide bonds. The van der Waals surface area contributed by atoms with Crippen LogP contribution in [0.25, 0.3) is 0 Å². The Morgan fingerprint density at radius 2 is 1.85 bits per heavy atom. The molecule has 2 N–H and O–H groups in total. The monoisotopic (exact) mass is 279 g/mol. The molecule has 20 heavy (non-hydrogen) atoms. The van der Waals surface area contributed by atoms with Crippen LogP contribution in [0.1, 0.15) is 25.7 Å². The van der Waals surface area contributed by atoms with Crippen molar-refractivity contribution in [2.75, 3.05) is 26.8 Å². The average molecular weight is 279 g/mol. The van der Waals surface area contributed by atoms with Gasteiger partial charge in [-0.1, -0.05) is 12.8 Å². The molecule has 0 aliphatic heterocycles. The summed E-state index contributed by atoms with van der Waals surface area (Å²) >= 11 is 0. The molecule has 0 radical (unpaired) electrons. The van der Waals surface area contributed by atoms with E-state index >= 15 is 0 Å². The van der Waals surface area contributed by atoms with Gasteiger partial charge in [-0.3, -0.25) is 0 Å². The SMILES string of the molecule is COc1ccc(OCCNCC2CCCCC2O)cc1. The molecule has 0 spiro atoms. The van der Waals surface area contributed by atoms with Crippen LogP contribution in [-0.2, 0) is 0 Å². The fourth-order valence-electron chi connectivity index (χ4n) is 2.63. The maximum Gasteiger partial charge on any atom is 0.119 e. The van der Waals surface area contributed by atoms with Gasteiger partial charge in [0, 0.05) is 13.1 Å². The second kappa shape index (κ2) is 8.12. The van der Waals surface area contributed by atoms with E-state index in [9.17, 15) is 5.11 Å². The van der Waals surface area contributed by atoms with Crippen molar-refractivity contribution in [1.82, 2.24) is 5.32 Å². The zero-order chi connectivity index (χ0) is 14.2. The molecule has 1 aliphatic carbocycles. The Bertz CT molecular complexity index is 380. The van der Waals surface area contributed by atoms with Gasteiger partial charge in [0.05, 0.1) is 13.2 Å². The van der Waals surface area contributed by atoms with Gasteiger partial charge in [0.2, 0.25) is 0 Å². The Balaban J connectivity index is 1.58. The molecule has 0 saturated heterocycles. The number of methoxy groups -OCH3 is 1. The predicted molar refractivity (Wildman–Crippen MR) is 79.3 cm³/mol. The summed E-state index contributed by atoms with van der Waals surface area (Å²) in [5.74, 6) is 2.09. The standard InChI is InChI=1S/C16H25NO3/c1-19-14-6-8-15(9-7-14)20-11-10-17-12-13-4-2-3-5-16(13)18/h6-9,13,16-18H,2-5,10-12H2,1H3. The molecule has 0 bridgehead atoms. The van der Waals surface area contributed by atoms with Crippen molar-refractivity contribution >= 4 is 0 Å². The molecular weight excluding hydrogens is 254 g/mol. The molecule has 2 unspecified atom stereocenters. The van der Waals surface area contributed by atoms with Gasteiger partial charge in [-0.25, -0.2) is 0 Å². The third-order valence-corrected chi connectivity index (χ3v) is 3.88. The van der Waals surface area contributed by atoms with E-state index in [4.69, 9.17) is 9.47 Å². The number of aliphatic hydroxyl groups is 1. The van der Waals surface area contributed by atoms with Gasteiger partial charge in [-0.2, -0.15) is 0 Å². The molecule has 2 atom stereocenters. The summed E-state index contributed by atoms with van der Waals surface area (Å²) in [6.45, 7) is 2.32. The van der Waals surface area contributed by atoms with E-state index in [1.54, 1.807) is 7.11 Å². The highest BCUT2D eigenvalue weighted by atomic mass is 16.5. The highest BCUT2D eigenvalue weighted by Crippen LogP contribution is 2.23.